The molecule has 0 fully saturated rings. The molecule has 0 saturated carbocycles. The maximum atomic E-state index is 6.16. The van der Waals surface area contributed by atoms with Crippen LogP contribution >= 0.6 is 0 Å². The van der Waals surface area contributed by atoms with Gasteiger partial charge >= 0.3 is 0 Å². The fraction of sp³-hybridized carbons (Fsp3) is 0.400. The number of methoxy groups -OCH3 is 2. The molecule has 0 radical (unpaired) electrons. The van der Waals surface area contributed by atoms with Crippen LogP contribution in [0, 0.1) is 0 Å². The second kappa shape index (κ2) is 13.2. The van der Waals surface area contributed by atoms with Gasteiger partial charge in [-0.15, -0.1) is 0 Å². The van der Waals surface area contributed by atoms with E-state index in [9.17, 15) is 0 Å². The summed E-state index contributed by atoms with van der Waals surface area (Å²) in [6, 6.07) is 28.5. The van der Waals surface area contributed by atoms with Crippen LogP contribution in [0.15, 0.2) is 84.9 Å². The molecule has 176 valence electrons. The number of benzene rings is 3. The molecular formula is C30H38O3. The lowest BCUT2D eigenvalue weighted by Gasteiger charge is -2.39. The second-order valence-corrected chi connectivity index (χ2v) is 8.53. The summed E-state index contributed by atoms with van der Waals surface area (Å²) in [5, 5.41) is 0. The Kier molecular flexibility index (Phi) is 9.99. The van der Waals surface area contributed by atoms with E-state index >= 15 is 0 Å². The van der Waals surface area contributed by atoms with Gasteiger partial charge in [-0.05, 0) is 36.2 Å². The number of para-hydroxylation sites is 1. The zero-order chi connectivity index (χ0) is 23.4. The van der Waals surface area contributed by atoms with Crippen LogP contribution < -0.4 is 4.74 Å². The van der Waals surface area contributed by atoms with Crippen molar-refractivity contribution < 1.29 is 14.2 Å². The normalized spacial score (nSPS) is 12.5. The van der Waals surface area contributed by atoms with E-state index in [0.717, 1.165) is 29.9 Å². The van der Waals surface area contributed by atoms with Gasteiger partial charge < -0.3 is 14.2 Å². The number of rotatable bonds is 14. The first-order chi connectivity index (χ1) is 16.2. The van der Waals surface area contributed by atoms with Crippen molar-refractivity contribution in [2.75, 3.05) is 14.2 Å². The monoisotopic (exact) mass is 446 g/mol. The number of hydrogen-bond donors (Lipinski definition) is 0. The van der Waals surface area contributed by atoms with Crippen molar-refractivity contribution in [1.29, 1.82) is 0 Å². The first-order valence-corrected chi connectivity index (χ1v) is 12.2. The van der Waals surface area contributed by atoms with Crippen LogP contribution in [-0.4, -0.2) is 14.2 Å². The SMILES string of the molecule is CCCCCCCCC(c1ccc(Oc2ccccc2)cc1)C(OC)(OC)c1ccccc1. The molecule has 3 rings (SSSR count). The molecule has 0 N–H and O–H groups in total. The Hall–Kier alpha value is -2.62. The third-order valence-corrected chi connectivity index (χ3v) is 6.35. The summed E-state index contributed by atoms with van der Waals surface area (Å²) < 4.78 is 18.3. The predicted molar refractivity (Wildman–Crippen MR) is 136 cm³/mol. The summed E-state index contributed by atoms with van der Waals surface area (Å²) in [5.74, 6) is 0.878. The van der Waals surface area contributed by atoms with Crippen LogP contribution in [0.4, 0.5) is 0 Å². The quantitative estimate of drug-likeness (QED) is 0.184. The van der Waals surface area contributed by atoms with Gasteiger partial charge in [0.15, 0.2) is 0 Å². The number of ether oxygens (including phenoxy) is 3. The van der Waals surface area contributed by atoms with Crippen LogP contribution in [0.3, 0.4) is 0 Å². The third-order valence-electron chi connectivity index (χ3n) is 6.35. The molecule has 0 spiro atoms. The highest BCUT2D eigenvalue weighted by Crippen LogP contribution is 2.44. The van der Waals surface area contributed by atoms with Crippen LogP contribution in [0.5, 0.6) is 11.5 Å². The molecule has 0 bridgehead atoms. The Morgan fingerprint density at radius 2 is 1.18 bits per heavy atom. The fourth-order valence-corrected chi connectivity index (χ4v) is 4.57. The summed E-state index contributed by atoms with van der Waals surface area (Å²) in [6.07, 6.45) is 8.53. The molecule has 1 atom stereocenters. The van der Waals surface area contributed by atoms with Crippen molar-refractivity contribution in [3.05, 3.63) is 96.1 Å². The van der Waals surface area contributed by atoms with E-state index in [4.69, 9.17) is 14.2 Å². The average molecular weight is 447 g/mol. The summed E-state index contributed by atoms with van der Waals surface area (Å²) >= 11 is 0. The average Bonchev–Trinajstić information content (AvgIpc) is 2.88. The highest BCUT2D eigenvalue weighted by atomic mass is 16.7. The van der Waals surface area contributed by atoms with Gasteiger partial charge in [0.1, 0.15) is 11.5 Å². The van der Waals surface area contributed by atoms with Crippen LogP contribution in [0.1, 0.15) is 68.9 Å². The van der Waals surface area contributed by atoms with Crippen LogP contribution in [0.25, 0.3) is 0 Å². The number of hydrogen-bond acceptors (Lipinski definition) is 3. The lowest BCUT2D eigenvalue weighted by atomic mass is 9.81. The van der Waals surface area contributed by atoms with Crippen molar-refractivity contribution in [3.8, 4) is 11.5 Å². The largest absolute Gasteiger partial charge is 0.457 e. The highest BCUT2D eigenvalue weighted by molar-refractivity contribution is 5.36. The van der Waals surface area contributed by atoms with Gasteiger partial charge in [0.05, 0.1) is 0 Å². The van der Waals surface area contributed by atoms with Gasteiger partial charge in [-0.1, -0.05) is 106 Å². The van der Waals surface area contributed by atoms with Crippen molar-refractivity contribution >= 4 is 0 Å². The molecule has 3 aromatic carbocycles. The van der Waals surface area contributed by atoms with E-state index in [0.29, 0.717) is 0 Å². The van der Waals surface area contributed by atoms with Crippen molar-refractivity contribution in [3.63, 3.8) is 0 Å². The Morgan fingerprint density at radius 3 is 1.79 bits per heavy atom. The van der Waals surface area contributed by atoms with Gasteiger partial charge in [0.2, 0.25) is 5.79 Å². The molecule has 0 aliphatic heterocycles. The van der Waals surface area contributed by atoms with Gasteiger partial charge in [0.25, 0.3) is 0 Å². The standard InChI is InChI=1S/C30H38O3/c1-4-5-6-7-8-15-20-29(30(31-2,32-3)26-16-11-9-12-17-26)25-21-23-28(24-22-25)33-27-18-13-10-14-19-27/h9-14,16-19,21-24,29H,4-8,15,20H2,1-3H3. The highest BCUT2D eigenvalue weighted by Gasteiger charge is 2.41. The van der Waals surface area contributed by atoms with E-state index < -0.39 is 5.79 Å². The van der Waals surface area contributed by atoms with Crippen LogP contribution in [-0.2, 0) is 15.3 Å². The zero-order valence-corrected chi connectivity index (χ0v) is 20.3. The van der Waals surface area contributed by atoms with Crippen molar-refractivity contribution in [2.24, 2.45) is 0 Å². The maximum Gasteiger partial charge on any atom is 0.201 e. The van der Waals surface area contributed by atoms with E-state index in [2.05, 4.69) is 31.2 Å². The smallest absolute Gasteiger partial charge is 0.201 e. The molecule has 1 unspecified atom stereocenters. The minimum Gasteiger partial charge on any atom is -0.457 e. The van der Waals surface area contributed by atoms with Gasteiger partial charge in [-0.2, -0.15) is 0 Å². The van der Waals surface area contributed by atoms with E-state index in [-0.39, 0.29) is 5.92 Å². The van der Waals surface area contributed by atoms with Gasteiger partial charge in [0, 0.05) is 25.7 Å². The maximum absolute atomic E-state index is 6.16. The molecule has 3 aromatic rings. The molecule has 0 heterocycles. The molecule has 0 aromatic heterocycles. The lowest BCUT2D eigenvalue weighted by Crippen LogP contribution is -2.38. The molecule has 0 amide bonds. The summed E-state index contributed by atoms with van der Waals surface area (Å²) in [4.78, 5) is 0. The minimum absolute atomic E-state index is 0.0619. The Balaban J connectivity index is 1.84. The van der Waals surface area contributed by atoms with Crippen molar-refractivity contribution in [2.45, 2.75) is 63.6 Å². The van der Waals surface area contributed by atoms with Gasteiger partial charge in [-0.3, -0.25) is 0 Å². The molecule has 0 aliphatic rings. The van der Waals surface area contributed by atoms with Crippen LogP contribution in [0.2, 0.25) is 0 Å². The Bertz CT molecular complexity index is 902. The molecule has 33 heavy (non-hydrogen) atoms. The summed E-state index contributed by atoms with van der Waals surface area (Å²) in [5.41, 5.74) is 2.23. The predicted octanol–water partition coefficient (Wildman–Crippen LogP) is 8.46. The fourth-order valence-electron chi connectivity index (χ4n) is 4.57. The number of unbranched alkanes of at least 4 members (excludes halogenated alkanes) is 5. The first-order valence-electron chi connectivity index (χ1n) is 12.2. The Labute approximate surface area is 199 Å². The first kappa shape index (κ1) is 25.0. The minimum atomic E-state index is -0.841. The molecule has 0 saturated heterocycles. The van der Waals surface area contributed by atoms with E-state index in [1.807, 2.05) is 60.7 Å². The third kappa shape index (κ3) is 6.69. The molecule has 3 heteroatoms. The van der Waals surface area contributed by atoms with Gasteiger partial charge in [-0.25, -0.2) is 0 Å². The zero-order valence-electron chi connectivity index (χ0n) is 20.3. The topological polar surface area (TPSA) is 27.7 Å². The lowest BCUT2D eigenvalue weighted by molar-refractivity contribution is -0.233. The van der Waals surface area contributed by atoms with Crippen molar-refractivity contribution in [1.82, 2.24) is 0 Å². The summed E-state index contributed by atoms with van der Waals surface area (Å²) in [7, 11) is 3.50. The molecular weight excluding hydrogens is 408 g/mol. The Morgan fingerprint density at radius 1 is 0.636 bits per heavy atom. The molecule has 3 nitrogen and oxygen atoms in total. The van der Waals surface area contributed by atoms with E-state index in [1.54, 1.807) is 14.2 Å². The molecule has 0 aliphatic carbocycles. The second-order valence-electron chi connectivity index (χ2n) is 8.53. The summed E-state index contributed by atoms with van der Waals surface area (Å²) in [6.45, 7) is 2.26. The van der Waals surface area contributed by atoms with E-state index in [1.165, 1.54) is 37.7 Å².